The number of benzene rings is 1. The first-order valence-corrected chi connectivity index (χ1v) is 9.10. The first-order valence-electron chi connectivity index (χ1n) is 6.86. The van der Waals surface area contributed by atoms with Crippen LogP contribution in [0.25, 0.3) is 0 Å². The summed E-state index contributed by atoms with van der Waals surface area (Å²) in [6.07, 6.45) is 1.13. The minimum Gasteiger partial charge on any atom is -0.309 e. The van der Waals surface area contributed by atoms with Crippen LogP contribution in [0.15, 0.2) is 40.6 Å². The number of rotatable bonds is 7. The van der Waals surface area contributed by atoms with Crippen LogP contribution in [0.3, 0.4) is 0 Å². The monoisotopic (exact) mass is 325 g/mol. The molecule has 1 aromatic heterocycles. The molecule has 1 unspecified atom stereocenters. The molecule has 1 N–H and O–H groups in total. The largest absolute Gasteiger partial charge is 0.309 e. The van der Waals surface area contributed by atoms with E-state index in [4.69, 9.17) is 11.6 Å². The standard InChI is InChI=1S/C16H20ClNS2/c1-3-8-18-15(16-14(17)7-9-19-16)11-20-13-6-4-5-12(2)10-13/h4-7,9-10,15,18H,3,8,11H2,1-2H3. The Bertz CT molecular complexity index is 539. The summed E-state index contributed by atoms with van der Waals surface area (Å²) in [5.74, 6) is 1.00. The molecule has 1 aromatic carbocycles. The van der Waals surface area contributed by atoms with Crippen LogP contribution in [-0.2, 0) is 0 Å². The summed E-state index contributed by atoms with van der Waals surface area (Å²) in [6, 6.07) is 11.0. The summed E-state index contributed by atoms with van der Waals surface area (Å²) >= 11 is 9.91. The van der Waals surface area contributed by atoms with Gasteiger partial charge in [-0.2, -0.15) is 0 Å². The fourth-order valence-electron chi connectivity index (χ4n) is 1.98. The SMILES string of the molecule is CCCNC(CSc1cccc(C)c1)c1sccc1Cl. The topological polar surface area (TPSA) is 12.0 Å². The van der Waals surface area contributed by atoms with Gasteiger partial charge in [-0.05, 0) is 43.5 Å². The van der Waals surface area contributed by atoms with E-state index in [1.807, 2.05) is 17.8 Å². The smallest absolute Gasteiger partial charge is 0.0561 e. The Morgan fingerprint density at radius 3 is 2.85 bits per heavy atom. The molecule has 0 aliphatic heterocycles. The molecular weight excluding hydrogens is 306 g/mol. The lowest BCUT2D eigenvalue weighted by molar-refractivity contribution is 0.585. The zero-order chi connectivity index (χ0) is 14.4. The molecule has 0 fully saturated rings. The van der Waals surface area contributed by atoms with Crippen LogP contribution < -0.4 is 5.32 Å². The molecule has 1 atom stereocenters. The second-order valence-electron chi connectivity index (χ2n) is 4.77. The molecule has 0 radical (unpaired) electrons. The van der Waals surface area contributed by atoms with Crippen molar-refractivity contribution in [1.82, 2.24) is 5.32 Å². The second kappa shape index (κ2) is 8.08. The van der Waals surface area contributed by atoms with Gasteiger partial charge in [-0.15, -0.1) is 23.1 Å². The van der Waals surface area contributed by atoms with Gasteiger partial charge < -0.3 is 5.32 Å². The van der Waals surface area contributed by atoms with Crippen LogP contribution in [0.1, 0.15) is 29.8 Å². The van der Waals surface area contributed by atoms with E-state index < -0.39 is 0 Å². The van der Waals surface area contributed by atoms with Crippen molar-refractivity contribution in [1.29, 1.82) is 0 Å². The number of thiophene rings is 1. The number of hydrogen-bond acceptors (Lipinski definition) is 3. The zero-order valence-electron chi connectivity index (χ0n) is 11.9. The highest BCUT2D eigenvalue weighted by atomic mass is 35.5. The molecule has 20 heavy (non-hydrogen) atoms. The maximum absolute atomic E-state index is 6.28. The molecule has 2 aromatic rings. The minimum absolute atomic E-state index is 0.327. The van der Waals surface area contributed by atoms with Crippen molar-refractivity contribution in [2.75, 3.05) is 12.3 Å². The summed E-state index contributed by atoms with van der Waals surface area (Å²) in [7, 11) is 0. The van der Waals surface area contributed by atoms with Crippen LogP contribution in [0, 0.1) is 6.92 Å². The van der Waals surface area contributed by atoms with Crippen molar-refractivity contribution < 1.29 is 0 Å². The maximum atomic E-state index is 6.28. The number of hydrogen-bond donors (Lipinski definition) is 1. The lowest BCUT2D eigenvalue weighted by Crippen LogP contribution is -2.23. The Morgan fingerprint density at radius 1 is 1.35 bits per heavy atom. The van der Waals surface area contributed by atoms with Gasteiger partial charge in [-0.25, -0.2) is 0 Å². The quantitative estimate of drug-likeness (QED) is 0.670. The number of nitrogens with one attached hydrogen (secondary N) is 1. The summed E-state index contributed by atoms with van der Waals surface area (Å²) in [4.78, 5) is 2.57. The fraction of sp³-hybridized carbons (Fsp3) is 0.375. The lowest BCUT2D eigenvalue weighted by atomic mass is 10.2. The van der Waals surface area contributed by atoms with Gasteiger partial charge in [0.25, 0.3) is 0 Å². The highest BCUT2D eigenvalue weighted by molar-refractivity contribution is 7.99. The number of halogens is 1. The maximum Gasteiger partial charge on any atom is 0.0561 e. The van der Waals surface area contributed by atoms with Gasteiger partial charge in [0.05, 0.1) is 11.1 Å². The van der Waals surface area contributed by atoms with E-state index in [1.165, 1.54) is 15.3 Å². The van der Waals surface area contributed by atoms with E-state index in [2.05, 4.69) is 48.8 Å². The van der Waals surface area contributed by atoms with E-state index in [9.17, 15) is 0 Å². The van der Waals surface area contributed by atoms with Crippen molar-refractivity contribution in [3.8, 4) is 0 Å². The Kier molecular flexibility index (Phi) is 6.43. The van der Waals surface area contributed by atoms with Crippen LogP contribution in [0.2, 0.25) is 5.02 Å². The zero-order valence-corrected chi connectivity index (χ0v) is 14.2. The molecule has 1 nitrogen and oxygen atoms in total. The van der Waals surface area contributed by atoms with Crippen LogP contribution in [0.4, 0.5) is 0 Å². The summed E-state index contributed by atoms with van der Waals surface area (Å²) < 4.78 is 0. The van der Waals surface area contributed by atoms with Crippen molar-refractivity contribution in [2.24, 2.45) is 0 Å². The molecule has 0 saturated carbocycles. The predicted molar refractivity (Wildman–Crippen MR) is 92.3 cm³/mol. The fourth-order valence-corrected chi connectivity index (χ4v) is 4.44. The minimum atomic E-state index is 0.327. The van der Waals surface area contributed by atoms with Gasteiger partial charge in [0.1, 0.15) is 0 Å². The average molecular weight is 326 g/mol. The third-order valence-corrected chi connectivity index (χ3v) is 5.57. The molecule has 0 spiro atoms. The molecule has 2 rings (SSSR count). The highest BCUT2D eigenvalue weighted by Crippen LogP contribution is 2.32. The van der Waals surface area contributed by atoms with E-state index in [0.717, 1.165) is 23.7 Å². The third kappa shape index (κ3) is 4.52. The molecule has 0 saturated heterocycles. The van der Waals surface area contributed by atoms with Gasteiger partial charge in [0.2, 0.25) is 0 Å². The van der Waals surface area contributed by atoms with E-state index in [0.29, 0.717) is 6.04 Å². The van der Waals surface area contributed by atoms with E-state index >= 15 is 0 Å². The molecule has 4 heteroatoms. The van der Waals surface area contributed by atoms with Gasteiger partial charge in [0, 0.05) is 15.5 Å². The average Bonchev–Trinajstić information content (AvgIpc) is 2.85. The number of thioether (sulfide) groups is 1. The van der Waals surface area contributed by atoms with Crippen molar-refractivity contribution in [3.63, 3.8) is 0 Å². The first-order chi connectivity index (χ1) is 9.70. The van der Waals surface area contributed by atoms with E-state index in [1.54, 1.807) is 11.3 Å². The Balaban J connectivity index is 2.03. The predicted octanol–water partition coefficient (Wildman–Crippen LogP) is 5.54. The molecule has 108 valence electrons. The van der Waals surface area contributed by atoms with E-state index in [-0.39, 0.29) is 0 Å². The molecule has 0 amide bonds. The van der Waals surface area contributed by atoms with Gasteiger partial charge in [-0.1, -0.05) is 36.2 Å². The van der Waals surface area contributed by atoms with Crippen molar-refractivity contribution >= 4 is 34.7 Å². The van der Waals surface area contributed by atoms with Crippen LogP contribution >= 0.6 is 34.7 Å². The molecule has 0 aliphatic carbocycles. The highest BCUT2D eigenvalue weighted by Gasteiger charge is 2.15. The number of aryl methyl sites for hydroxylation is 1. The van der Waals surface area contributed by atoms with Gasteiger partial charge in [-0.3, -0.25) is 0 Å². The Hall–Kier alpha value is -0.480. The summed E-state index contributed by atoms with van der Waals surface area (Å²) in [5, 5.41) is 6.55. The summed E-state index contributed by atoms with van der Waals surface area (Å²) in [6.45, 7) is 5.34. The molecular formula is C16H20ClNS2. The molecule has 1 heterocycles. The normalized spacial score (nSPS) is 12.6. The van der Waals surface area contributed by atoms with Crippen molar-refractivity contribution in [2.45, 2.75) is 31.2 Å². The van der Waals surface area contributed by atoms with Crippen LogP contribution in [-0.4, -0.2) is 12.3 Å². The summed E-state index contributed by atoms with van der Waals surface area (Å²) in [5.41, 5.74) is 1.31. The Morgan fingerprint density at radius 2 is 2.20 bits per heavy atom. The molecule has 0 aliphatic rings. The lowest BCUT2D eigenvalue weighted by Gasteiger charge is -2.17. The Labute approximate surface area is 134 Å². The second-order valence-corrected chi connectivity index (χ2v) is 7.22. The molecule has 0 bridgehead atoms. The van der Waals surface area contributed by atoms with Crippen LogP contribution in [0.5, 0.6) is 0 Å². The first kappa shape index (κ1) is 15.9. The van der Waals surface area contributed by atoms with Gasteiger partial charge in [0.15, 0.2) is 0 Å². The van der Waals surface area contributed by atoms with Gasteiger partial charge >= 0.3 is 0 Å². The third-order valence-electron chi connectivity index (χ3n) is 3.01. The van der Waals surface area contributed by atoms with Crippen molar-refractivity contribution in [3.05, 3.63) is 51.2 Å².